The fraction of sp³-hybridized carbons (Fsp3) is 0.158. The number of aromatic nitrogens is 3. The lowest BCUT2D eigenvalue weighted by molar-refractivity contribution is 0.600. The highest BCUT2D eigenvalue weighted by molar-refractivity contribution is 6.40. The van der Waals surface area contributed by atoms with Crippen molar-refractivity contribution in [2.45, 2.75) is 117 Å². The first-order chi connectivity index (χ1) is 60.9. The van der Waals surface area contributed by atoms with Gasteiger partial charge in [0.25, 0.3) is 0 Å². The number of rotatable bonds is 27. The van der Waals surface area contributed by atoms with Crippen molar-refractivity contribution in [2.75, 3.05) is 14.7 Å². The molecule has 16 aromatic carbocycles. The summed E-state index contributed by atoms with van der Waals surface area (Å²) in [6.45, 7) is 9.51. The van der Waals surface area contributed by atoms with E-state index < -0.39 is 0 Å². The third-order valence-corrected chi connectivity index (χ3v) is 25.9. The third-order valence-electron chi connectivity index (χ3n) is 25.9. The van der Waals surface area contributed by atoms with E-state index in [1.165, 1.54) is 98.8 Å². The summed E-state index contributed by atoms with van der Waals surface area (Å²) in [7, 11) is 0. The van der Waals surface area contributed by atoms with Crippen molar-refractivity contribution in [3.63, 3.8) is 0 Å². The Morgan fingerprint density at radius 2 is 0.431 bits per heavy atom. The molecule has 0 atom stereocenters. The minimum atomic E-state index is 0.831. The Morgan fingerprint density at radius 3 is 0.715 bits per heavy atom. The standard InChI is InChI=1S/C114H96N6O3/c1-4-7-10-28-67-115-100-73-88(118(82-49-43-79(44-50-82)76-31-16-13-17-32-76)85-58-64-106-97(70-85)91-37-22-25-40-103(91)121-106)55-61-94(100)109-112(115)110-95-62-56-89(119(83-51-45-80(46-52-83)77-33-18-14-19-34-77)86-59-65-107-98(71-86)92-38-23-26-41-104(92)122-107)74-101(95)116(68-29-11-8-5-2)114(110)111-96-63-57-90(75-102(96)117(113(109)111)69-30-12-9-6-3)120(84-53-47-81(48-54-84)78-35-20-15-21-36-78)87-60-66-108-99(72-87)93-39-24-27-42-105(93)123-108/h13-27,31-66,70-75H,4-12,28-30,67-69H2,1-3H3. The summed E-state index contributed by atoms with van der Waals surface area (Å²) in [6.07, 6.45) is 13.3. The summed E-state index contributed by atoms with van der Waals surface area (Å²) in [5.41, 5.74) is 29.5. The van der Waals surface area contributed by atoms with Gasteiger partial charge in [-0.05, 0) is 198 Å². The second kappa shape index (κ2) is 32.0. The summed E-state index contributed by atoms with van der Waals surface area (Å²) in [5, 5.41) is 14.2. The number of unbranched alkanes of at least 4 members (excludes halogenated alkanes) is 9. The lowest BCUT2D eigenvalue weighted by Crippen LogP contribution is -2.10. The average Bonchev–Trinajstić information content (AvgIpc) is 1.51. The van der Waals surface area contributed by atoms with Gasteiger partial charge in [-0.1, -0.05) is 279 Å². The van der Waals surface area contributed by atoms with Gasteiger partial charge in [0.1, 0.15) is 33.5 Å². The smallest absolute Gasteiger partial charge is 0.135 e. The Bertz CT molecular complexity index is 6940. The van der Waals surface area contributed by atoms with Crippen LogP contribution in [0, 0.1) is 0 Å². The molecule has 6 heterocycles. The van der Waals surface area contributed by atoms with Crippen molar-refractivity contribution in [1.82, 2.24) is 13.7 Å². The predicted molar refractivity (Wildman–Crippen MR) is 520 cm³/mol. The lowest BCUT2D eigenvalue weighted by Gasteiger charge is -2.26. The Labute approximate surface area is 716 Å². The summed E-state index contributed by atoms with van der Waals surface area (Å²) < 4.78 is 28.2. The van der Waals surface area contributed by atoms with Crippen molar-refractivity contribution in [1.29, 1.82) is 0 Å². The zero-order valence-electron chi connectivity index (χ0n) is 69.9. The number of furan rings is 3. The number of hydrogen-bond acceptors (Lipinski definition) is 6. The topological polar surface area (TPSA) is 63.9 Å². The molecule has 123 heavy (non-hydrogen) atoms. The molecule has 0 spiro atoms. The molecule has 0 aliphatic heterocycles. The van der Waals surface area contributed by atoms with Crippen LogP contribution < -0.4 is 14.7 Å². The first-order valence-electron chi connectivity index (χ1n) is 44.5. The van der Waals surface area contributed by atoms with E-state index in [-0.39, 0.29) is 0 Å². The molecule has 0 amide bonds. The third kappa shape index (κ3) is 13.3. The Hall–Kier alpha value is -14.3. The molecule has 0 unspecified atom stereocenters. The van der Waals surface area contributed by atoms with Gasteiger partial charge in [-0.15, -0.1) is 0 Å². The number of nitrogens with zero attached hydrogens (tertiary/aromatic N) is 6. The van der Waals surface area contributed by atoms with Crippen LogP contribution in [0.1, 0.15) is 97.8 Å². The maximum atomic E-state index is 6.59. The summed E-state index contributed by atoms with van der Waals surface area (Å²) in [5.74, 6) is 0. The van der Waals surface area contributed by atoms with E-state index in [4.69, 9.17) is 13.3 Å². The molecule has 0 aliphatic carbocycles. The molecule has 9 heteroatoms. The molecule has 600 valence electrons. The molecule has 0 fully saturated rings. The van der Waals surface area contributed by atoms with Crippen molar-refractivity contribution < 1.29 is 13.3 Å². The maximum absolute atomic E-state index is 6.59. The number of para-hydroxylation sites is 3. The van der Waals surface area contributed by atoms with Crippen LogP contribution in [0.3, 0.4) is 0 Å². The van der Waals surface area contributed by atoms with Gasteiger partial charge in [0.05, 0.1) is 33.1 Å². The van der Waals surface area contributed by atoms with Crippen LogP contribution in [-0.2, 0) is 19.6 Å². The summed E-state index contributed by atoms with van der Waals surface area (Å²) in [4.78, 5) is 7.45. The van der Waals surface area contributed by atoms with Crippen LogP contribution in [0.4, 0.5) is 51.2 Å². The highest BCUT2D eigenvalue weighted by atomic mass is 16.3. The molecular weight excluding hydrogens is 1500 g/mol. The van der Waals surface area contributed by atoms with Crippen molar-refractivity contribution >= 4 is 182 Å². The summed E-state index contributed by atoms with van der Waals surface area (Å²) >= 11 is 0. The molecule has 9 nitrogen and oxygen atoms in total. The molecule has 0 bridgehead atoms. The van der Waals surface area contributed by atoms with Crippen molar-refractivity contribution in [2.24, 2.45) is 0 Å². The van der Waals surface area contributed by atoms with Crippen molar-refractivity contribution in [3.8, 4) is 33.4 Å². The second-order valence-electron chi connectivity index (χ2n) is 33.5. The second-order valence-corrected chi connectivity index (χ2v) is 33.5. The number of aryl methyl sites for hydroxylation is 3. The zero-order chi connectivity index (χ0) is 82.0. The summed E-state index contributed by atoms with van der Waals surface area (Å²) in [6, 6.07) is 128. The van der Waals surface area contributed by atoms with Gasteiger partial charge in [0.2, 0.25) is 0 Å². The number of fused-ring (bicyclic) bond motifs is 21. The van der Waals surface area contributed by atoms with Gasteiger partial charge in [-0.3, -0.25) is 0 Å². The molecule has 0 saturated heterocycles. The molecule has 22 aromatic rings. The zero-order valence-corrected chi connectivity index (χ0v) is 69.9. The maximum Gasteiger partial charge on any atom is 0.135 e. The molecule has 0 saturated carbocycles. The van der Waals surface area contributed by atoms with E-state index in [1.54, 1.807) is 0 Å². The van der Waals surface area contributed by atoms with E-state index >= 15 is 0 Å². The fourth-order valence-corrected chi connectivity index (χ4v) is 19.9. The number of benzene rings is 16. The van der Waals surface area contributed by atoms with Gasteiger partial charge in [-0.25, -0.2) is 0 Å². The van der Waals surface area contributed by atoms with Crippen LogP contribution in [0.15, 0.2) is 359 Å². The van der Waals surface area contributed by atoms with Gasteiger partial charge >= 0.3 is 0 Å². The normalized spacial score (nSPS) is 12.0. The molecule has 0 N–H and O–H groups in total. The predicted octanol–water partition coefficient (Wildman–Crippen LogP) is 33.9. The van der Waals surface area contributed by atoms with E-state index in [9.17, 15) is 0 Å². The average molecular weight is 1600 g/mol. The SMILES string of the molecule is CCCCCCn1c2cc(N(c3ccc(-c4ccccc4)cc3)c3ccc4oc5ccccc5c4c3)ccc2c2c1c1c3ccc(N(c4ccc(-c5ccccc5)cc4)c4ccc5oc6ccccc6c5c4)cc3n(CCCCCC)c1c1c3ccc(N(c4ccc(-c5ccccc5)cc4)c4ccc5oc6ccccc6c5c4)cc3n(CCCCCC)c21. The van der Waals surface area contributed by atoms with Crippen LogP contribution >= 0.6 is 0 Å². The molecule has 22 rings (SSSR count). The molecule has 0 aliphatic rings. The monoisotopic (exact) mass is 1600 g/mol. The van der Waals surface area contributed by atoms with Gasteiger partial charge in [0.15, 0.2) is 0 Å². The Morgan fingerprint density at radius 1 is 0.195 bits per heavy atom. The van der Waals surface area contributed by atoms with E-state index in [2.05, 4.69) is 395 Å². The quantitative estimate of drug-likeness (QED) is 0.0478. The van der Waals surface area contributed by atoms with E-state index in [0.29, 0.717) is 0 Å². The highest BCUT2D eigenvalue weighted by Gasteiger charge is 2.31. The lowest BCUT2D eigenvalue weighted by atomic mass is 10.0. The molecule has 6 aromatic heterocycles. The first kappa shape index (κ1) is 75.0. The van der Waals surface area contributed by atoms with Gasteiger partial charge in [0, 0.05) is 135 Å². The van der Waals surface area contributed by atoms with Crippen LogP contribution in [-0.4, -0.2) is 13.7 Å². The largest absolute Gasteiger partial charge is 0.456 e. The van der Waals surface area contributed by atoms with Crippen LogP contribution in [0.5, 0.6) is 0 Å². The van der Waals surface area contributed by atoms with E-state index in [1.807, 2.05) is 0 Å². The van der Waals surface area contributed by atoms with E-state index in [0.717, 1.165) is 214 Å². The highest BCUT2D eigenvalue weighted by Crippen LogP contribution is 2.53. The van der Waals surface area contributed by atoms with Crippen molar-refractivity contribution in [3.05, 3.63) is 346 Å². The number of hydrogen-bond donors (Lipinski definition) is 0. The van der Waals surface area contributed by atoms with Crippen LogP contribution in [0.2, 0.25) is 0 Å². The number of anilines is 9. The fourth-order valence-electron chi connectivity index (χ4n) is 19.9. The van der Waals surface area contributed by atoms with Crippen LogP contribution in [0.25, 0.3) is 165 Å². The minimum Gasteiger partial charge on any atom is -0.456 e. The van der Waals surface area contributed by atoms with Gasteiger partial charge in [-0.2, -0.15) is 0 Å². The molecule has 0 radical (unpaired) electrons. The van der Waals surface area contributed by atoms with Gasteiger partial charge < -0.3 is 41.7 Å². The Balaban J connectivity index is 0.848. The molecular formula is C114H96N6O3. The Kier molecular flexibility index (Phi) is 19.5. The first-order valence-corrected chi connectivity index (χ1v) is 44.5. The minimum absolute atomic E-state index is 0.831.